The first kappa shape index (κ1) is 29.4. The zero-order valence-corrected chi connectivity index (χ0v) is 24.5. The number of para-hydroxylation sites is 1. The Kier molecular flexibility index (Phi) is 8.74. The van der Waals surface area contributed by atoms with E-state index in [1.165, 1.54) is 23.9 Å². The van der Waals surface area contributed by atoms with Crippen LogP contribution in [0.5, 0.6) is 0 Å². The lowest BCUT2D eigenvalue weighted by Gasteiger charge is -2.31. The van der Waals surface area contributed by atoms with Crippen LogP contribution in [0.15, 0.2) is 58.2 Å². The van der Waals surface area contributed by atoms with Gasteiger partial charge in [0, 0.05) is 27.2 Å². The first-order chi connectivity index (χ1) is 18.9. The van der Waals surface area contributed by atoms with Crippen LogP contribution in [0, 0.1) is 6.92 Å². The first-order valence-electron chi connectivity index (χ1n) is 13.0. The van der Waals surface area contributed by atoms with Gasteiger partial charge in [-0.3, -0.25) is 18.6 Å². The number of ether oxygens (including phenoxy) is 1. The third-order valence-corrected chi connectivity index (χ3v) is 9.58. The van der Waals surface area contributed by atoms with Crippen molar-refractivity contribution in [2.45, 2.75) is 50.0 Å². The molecule has 1 aromatic heterocycles. The zero-order valence-electron chi connectivity index (χ0n) is 23.0. The van der Waals surface area contributed by atoms with Crippen molar-refractivity contribution < 1.29 is 22.7 Å². The maximum Gasteiger partial charge on any atom is 0.340 e. The van der Waals surface area contributed by atoms with E-state index in [9.17, 15) is 22.8 Å². The van der Waals surface area contributed by atoms with Crippen LogP contribution in [0.4, 0.5) is 5.69 Å². The highest BCUT2D eigenvalue weighted by atomic mass is 35.5. The molecule has 1 amide bonds. The summed E-state index contributed by atoms with van der Waals surface area (Å²) >= 11 is 6.22. The molecule has 4 rings (SSSR count). The molecule has 214 valence electrons. The van der Waals surface area contributed by atoms with Crippen molar-refractivity contribution in [1.82, 2.24) is 14.3 Å². The number of aromatic nitrogens is 2. The minimum Gasteiger partial charge on any atom is -0.452 e. The molecule has 1 aliphatic carbocycles. The predicted molar refractivity (Wildman–Crippen MR) is 153 cm³/mol. The van der Waals surface area contributed by atoms with Crippen molar-refractivity contribution in [2.24, 2.45) is 7.05 Å². The number of halogens is 1. The number of carbonyl (C=O) groups excluding carboxylic acids is 2. The Morgan fingerprint density at radius 3 is 2.35 bits per heavy atom. The highest BCUT2D eigenvalue weighted by Crippen LogP contribution is 2.27. The highest BCUT2D eigenvalue weighted by Gasteiger charge is 2.30. The van der Waals surface area contributed by atoms with Crippen molar-refractivity contribution in [2.75, 3.05) is 25.0 Å². The van der Waals surface area contributed by atoms with Crippen molar-refractivity contribution >= 4 is 39.2 Å². The van der Waals surface area contributed by atoms with E-state index in [1.807, 2.05) is 6.07 Å². The largest absolute Gasteiger partial charge is 0.452 e. The SMILES string of the molecule is Cc1c(N(C)S(=O)(=O)c2ccc(Cl)c(C(=O)OCC(=O)N(C)C3CCCCC3)c2)c(=O)n(-c2ccccc2)n1C. The lowest BCUT2D eigenvalue weighted by atomic mass is 9.94. The van der Waals surface area contributed by atoms with Gasteiger partial charge in [0.2, 0.25) is 0 Å². The molecule has 12 heteroatoms. The summed E-state index contributed by atoms with van der Waals surface area (Å²) in [5.74, 6) is -1.26. The summed E-state index contributed by atoms with van der Waals surface area (Å²) < 4.78 is 36.3. The highest BCUT2D eigenvalue weighted by molar-refractivity contribution is 7.92. The normalized spacial score (nSPS) is 14.1. The van der Waals surface area contributed by atoms with E-state index in [2.05, 4.69) is 0 Å². The minimum absolute atomic E-state index is 0.0259. The summed E-state index contributed by atoms with van der Waals surface area (Å²) in [5.41, 5.74) is 0.244. The van der Waals surface area contributed by atoms with E-state index >= 15 is 0 Å². The molecule has 1 aliphatic rings. The summed E-state index contributed by atoms with van der Waals surface area (Å²) in [6, 6.07) is 12.6. The second-order valence-electron chi connectivity index (χ2n) is 9.90. The van der Waals surface area contributed by atoms with E-state index in [0.717, 1.165) is 42.5 Å². The number of likely N-dealkylation sites (N-methyl/N-ethyl adjacent to an activating group) is 1. The Bertz CT molecular complexity index is 1580. The second kappa shape index (κ2) is 11.9. The van der Waals surface area contributed by atoms with Gasteiger partial charge < -0.3 is 9.64 Å². The fourth-order valence-electron chi connectivity index (χ4n) is 5.00. The van der Waals surface area contributed by atoms with Crippen LogP contribution in [0.2, 0.25) is 5.02 Å². The number of hydrogen-bond acceptors (Lipinski definition) is 6. The molecule has 0 saturated heterocycles. The van der Waals surface area contributed by atoms with Crippen LogP contribution in [0.1, 0.15) is 48.2 Å². The predicted octanol–water partition coefficient (Wildman–Crippen LogP) is 3.91. The van der Waals surface area contributed by atoms with Gasteiger partial charge in [0.1, 0.15) is 5.69 Å². The first-order valence-corrected chi connectivity index (χ1v) is 14.8. The van der Waals surface area contributed by atoms with Gasteiger partial charge in [-0.2, -0.15) is 0 Å². The number of anilines is 1. The molecule has 0 spiro atoms. The van der Waals surface area contributed by atoms with Crippen molar-refractivity contribution in [3.05, 3.63) is 75.2 Å². The Balaban J connectivity index is 1.57. The number of nitrogens with zero attached hydrogens (tertiary/aromatic N) is 4. The molecule has 1 heterocycles. The molecule has 0 radical (unpaired) electrons. The average Bonchev–Trinajstić information content (AvgIpc) is 3.18. The summed E-state index contributed by atoms with van der Waals surface area (Å²) in [7, 11) is 0.347. The Labute approximate surface area is 238 Å². The zero-order chi connectivity index (χ0) is 29.2. The third kappa shape index (κ3) is 5.66. The number of rotatable bonds is 8. The van der Waals surface area contributed by atoms with Gasteiger partial charge in [0.05, 0.1) is 26.9 Å². The summed E-state index contributed by atoms with van der Waals surface area (Å²) in [6.45, 7) is 1.16. The summed E-state index contributed by atoms with van der Waals surface area (Å²) in [4.78, 5) is 40.2. The monoisotopic (exact) mass is 588 g/mol. The lowest BCUT2D eigenvalue weighted by Crippen LogP contribution is -2.40. The van der Waals surface area contributed by atoms with Crippen LogP contribution in [0.3, 0.4) is 0 Å². The third-order valence-electron chi connectivity index (χ3n) is 7.50. The molecule has 1 fully saturated rings. The second-order valence-corrected chi connectivity index (χ2v) is 12.3. The number of esters is 1. The van der Waals surface area contributed by atoms with Gasteiger partial charge in [0.15, 0.2) is 6.61 Å². The van der Waals surface area contributed by atoms with Crippen LogP contribution in [-0.2, 0) is 26.6 Å². The van der Waals surface area contributed by atoms with Crippen LogP contribution in [-0.4, -0.2) is 61.3 Å². The summed E-state index contributed by atoms with van der Waals surface area (Å²) in [5, 5.41) is -0.0259. The van der Waals surface area contributed by atoms with E-state index in [0.29, 0.717) is 11.4 Å². The number of hydrogen-bond donors (Lipinski definition) is 0. The van der Waals surface area contributed by atoms with Crippen LogP contribution < -0.4 is 9.86 Å². The molecular weight excluding hydrogens is 556 g/mol. The smallest absolute Gasteiger partial charge is 0.340 e. The topological polar surface area (TPSA) is 111 Å². The van der Waals surface area contributed by atoms with Crippen molar-refractivity contribution in [1.29, 1.82) is 0 Å². The van der Waals surface area contributed by atoms with Gasteiger partial charge in [0.25, 0.3) is 21.5 Å². The Morgan fingerprint density at radius 1 is 1.05 bits per heavy atom. The fourth-order valence-corrected chi connectivity index (χ4v) is 6.46. The number of benzene rings is 2. The molecule has 0 unspecified atom stereocenters. The van der Waals surface area contributed by atoms with Crippen molar-refractivity contribution in [3.63, 3.8) is 0 Å². The van der Waals surface area contributed by atoms with Crippen LogP contribution in [0.25, 0.3) is 5.69 Å². The van der Waals surface area contributed by atoms with Gasteiger partial charge in [-0.1, -0.05) is 49.1 Å². The molecule has 1 saturated carbocycles. The summed E-state index contributed by atoms with van der Waals surface area (Å²) in [6.07, 6.45) is 5.07. The molecule has 10 nitrogen and oxygen atoms in total. The van der Waals surface area contributed by atoms with Crippen molar-refractivity contribution in [3.8, 4) is 5.69 Å². The molecule has 0 bridgehead atoms. The fraction of sp³-hybridized carbons (Fsp3) is 0.393. The standard InChI is InChI=1S/C28H33ClN4O6S/c1-19-26(27(35)33(31(19)3)21-13-9-6-10-14-21)32(4)40(37,38)22-15-16-24(29)23(17-22)28(36)39-18-25(34)30(2)20-11-7-5-8-12-20/h6,9-10,13-17,20H,5,7-8,11-12,18H2,1-4H3. The maximum absolute atomic E-state index is 13.6. The molecule has 2 aromatic carbocycles. The molecule has 0 aliphatic heterocycles. The molecule has 40 heavy (non-hydrogen) atoms. The van der Waals surface area contributed by atoms with Gasteiger partial charge in [-0.05, 0) is 50.1 Å². The lowest BCUT2D eigenvalue weighted by molar-refractivity contribution is -0.135. The Hall–Kier alpha value is -3.57. The number of sulfonamides is 1. The molecule has 0 N–H and O–H groups in total. The van der Waals surface area contributed by atoms with Gasteiger partial charge in [-0.15, -0.1) is 0 Å². The Morgan fingerprint density at radius 2 is 1.70 bits per heavy atom. The average molecular weight is 589 g/mol. The molecular formula is C28H33ClN4O6S. The van der Waals surface area contributed by atoms with E-state index in [-0.39, 0.29) is 33.1 Å². The number of carbonyl (C=O) groups is 2. The van der Waals surface area contributed by atoms with E-state index in [4.69, 9.17) is 16.3 Å². The number of amides is 1. The maximum atomic E-state index is 13.6. The van der Waals surface area contributed by atoms with Gasteiger partial charge >= 0.3 is 5.97 Å². The molecule has 0 atom stereocenters. The van der Waals surface area contributed by atoms with Crippen LogP contribution >= 0.6 is 11.6 Å². The minimum atomic E-state index is -4.29. The molecule has 3 aromatic rings. The quantitative estimate of drug-likeness (QED) is 0.369. The van der Waals surface area contributed by atoms with E-state index < -0.39 is 28.2 Å². The van der Waals surface area contributed by atoms with E-state index in [1.54, 1.807) is 54.9 Å². The van der Waals surface area contributed by atoms with Gasteiger partial charge in [-0.25, -0.2) is 17.9 Å².